The Bertz CT molecular complexity index is 1430. The Hall–Kier alpha value is -3.46. The number of hydrogen-bond donors (Lipinski definition) is 1. The number of nitrogens with zero attached hydrogens (tertiary/aromatic N) is 3. The van der Waals surface area contributed by atoms with Gasteiger partial charge >= 0.3 is 0 Å². The van der Waals surface area contributed by atoms with Crippen molar-refractivity contribution in [3.8, 4) is 22.6 Å². The van der Waals surface area contributed by atoms with Crippen LogP contribution in [0.25, 0.3) is 33.7 Å². The van der Waals surface area contributed by atoms with Crippen LogP contribution in [0.2, 0.25) is 0 Å². The Kier molecular flexibility index (Phi) is 4.82. The molecule has 5 aromatic rings. The fourth-order valence-electron chi connectivity index (χ4n) is 3.31. The van der Waals surface area contributed by atoms with Gasteiger partial charge in [0.2, 0.25) is 12.3 Å². The summed E-state index contributed by atoms with van der Waals surface area (Å²) in [6.07, 6.45) is 3.54. The molecule has 0 aliphatic heterocycles. The smallest absolute Gasteiger partial charge is 0.208 e. The quantitative estimate of drug-likeness (QED) is 0.346. The molecule has 31 heavy (non-hydrogen) atoms. The lowest BCUT2D eigenvalue weighted by atomic mass is 10.1. The molecule has 0 atom stereocenters. The molecule has 0 saturated carbocycles. The van der Waals surface area contributed by atoms with E-state index in [-0.39, 0.29) is 11.4 Å². The third kappa shape index (κ3) is 3.72. The Labute approximate surface area is 182 Å². The zero-order chi connectivity index (χ0) is 21.5. The number of pyridine rings is 1. The van der Waals surface area contributed by atoms with Crippen LogP contribution in [-0.2, 0) is 6.54 Å². The molecule has 9 heteroatoms. The van der Waals surface area contributed by atoms with Crippen molar-refractivity contribution >= 4 is 27.0 Å². The van der Waals surface area contributed by atoms with E-state index < -0.39 is 17.5 Å². The van der Waals surface area contributed by atoms with Crippen molar-refractivity contribution in [1.82, 2.24) is 15.1 Å². The molecule has 3 heterocycles. The van der Waals surface area contributed by atoms with E-state index in [0.717, 1.165) is 6.07 Å². The molecule has 0 spiro atoms. The molecule has 5 nitrogen and oxygen atoms in total. The van der Waals surface area contributed by atoms with Gasteiger partial charge in [0.25, 0.3) is 0 Å². The van der Waals surface area contributed by atoms with E-state index in [1.807, 2.05) is 4.57 Å². The minimum atomic E-state index is -0.955. The number of hydrogen-bond acceptors (Lipinski definition) is 3. The first-order chi connectivity index (χ1) is 15.0. The Morgan fingerprint density at radius 2 is 1.87 bits per heavy atom. The van der Waals surface area contributed by atoms with Crippen LogP contribution in [0.5, 0.6) is 0 Å². The van der Waals surface area contributed by atoms with Crippen LogP contribution >= 0.6 is 15.9 Å². The molecule has 154 valence electrons. The number of fused-ring (bicyclic) bond motifs is 1. The largest absolute Gasteiger partial charge is 0.354 e. The first-order valence-corrected chi connectivity index (χ1v) is 10.0. The highest BCUT2D eigenvalue weighted by atomic mass is 79.9. The molecule has 0 saturated heterocycles. The summed E-state index contributed by atoms with van der Waals surface area (Å²) in [7, 11) is 0. The molecule has 1 N–H and O–H groups in total. The number of halogens is 4. The Balaban J connectivity index is 1.43. The highest BCUT2D eigenvalue weighted by Crippen LogP contribution is 2.26. The molecular weight excluding hydrogens is 473 g/mol. The number of nitrogens with one attached hydrogen (secondary N) is 1. The fourth-order valence-corrected chi connectivity index (χ4v) is 3.64. The summed E-state index contributed by atoms with van der Waals surface area (Å²) in [5.41, 5.74) is 2.03. The van der Waals surface area contributed by atoms with Gasteiger partial charge in [-0.15, -0.1) is 0 Å². The van der Waals surface area contributed by atoms with Crippen molar-refractivity contribution in [2.75, 3.05) is 0 Å². The van der Waals surface area contributed by atoms with Crippen molar-refractivity contribution in [1.29, 1.82) is 0 Å². The highest BCUT2D eigenvalue weighted by Gasteiger charge is 2.17. The van der Waals surface area contributed by atoms with Gasteiger partial charge < -0.3 is 9.51 Å². The average molecular weight is 486 g/mol. The summed E-state index contributed by atoms with van der Waals surface area (Å²) >= 11 is 3.23. The number of imidazole rings is 1. The minimum Gasteiger partial charge on any atom is -0.354 e. The third-order valence-corrected chi connectivity index (χ3v) is 5.28. The molecule has 0 aliphatic rings. The van der Waals surface area contributed by atoms with Gasteiger partial charge in [0.1, 0.15) is 28.4 Å². The predicted molar refractivity (Wildman–Crippen MR) is 110 cm³/mol. The molecule has 2 aromatic carbocycles. The van der Waals surface area contributed by atoms with Crippen LogP contribution in [-0.4, -0.2) is 15.1 Å². The minimum absolute atomic E-state index is 0.0548. The second kappa shape index (κ2) is 7.66. The van der Waals surface area contributed by atoms with Crippen molar-refractivity contribution in [2.45, 2.75) is 6.54 Å². The average Bonchev–Trinajstić information content (AvgIpc) is 3.37. The van der Waals surface area contributed by atoms with E-state index in [2.05, 4.69) is 31.1 Å². The summed E-state index contributed by atoms with van der Waals surface area (Å²) in [4.78, 5) is 7.35. The third-order valence-electron chi connectivity index (χ3n) is 4.79. The Morgan fingerprint density at radius 1 is 1.00 bits per heavy atom. The number of H-pyrrole nitrogens is 1. The zero-order valence-electron chi connectivity index (χ0n) is 15.7. The summed E-state index contributed by atoms with van der Waals surface area (Å²) in [6.45, 7) is 0.337. The number of rotatable bonds is 4. The summed E-state index contributed by atoms with van der Waals surface area (Å²) in [6, 6.07) is 12.1. The molecule has 0 amide bonds. The van der Waals surface area contributed by atoms with Gasteiger partial charge in [-0.25, -0.2) is 18.2 Å². The van der Waals surface area contributed by atoms with Crippen LogP contribution < -0.4 is 4.57 Å². The highest BCUT2D eigenvalue weighted by molar-refractivity contribution is 9.10. The van der Waals surface area contributed by atoms with Crippen molar-refractivity contribution in [3.05, 3.63) is 88.6 Å². The van der Waals surface area contributed by atoms with Gasteiger partial charge in [-0.3, -0.25) is 0 Å². The first-order valence-electron chi connectivity index (χ1n) is 9.22. The first kappa shape index (κ1) is 19.5. The van der Waals surface area contributed by atoms with Crippen LogP contribution in [0, 0.1) is 17.5 Å². The molecule has 0 unspecified atom stereocenters. The van der Waals surface area contributed by atoms with E-state index in [1.165, 1.54) is 18.2 Å². The molecular formula is C22H13BrF3N4O+. The second-order valence-corrected chi connectivity index (χ2v) is 7.82. The van der Waals surface area contributed by atoms with Crippen molar-refractivity contribution in [2.24, 2.45) is 0 Å². The predicted octanol–water partition coefficient (Wildman–Crippen LogP) is 5.40. The normalized spacial score (nSPS) is 11.4. The maximum atomic E-state index is 14.2. The maximum Gasteiger partial charge on any atom is 0.208 e. The van der Waals surface area contributed by atoms with Gasteiger partial charge in [0, 0.05) is 22.2 Å². The number of aromatic amines is 1. The molecule has 3 aromatic heterocycles. The maximum absolute atomic E-state index is 14.2. The van der Waals surface area contributed by atoms with Gasteiger partial charge in [-0.1, -0.05) is 27.2 Å². The van der Waals surface area contributed by atoms with Gasteiger partial charge in [-0.05, 0) is 30.3 Å². The molecule has 0 aliphatic carbocycles. The standard InChI is InChI=1S/C22H12BrF3N4O/c23-12-4-5-14(17(25)8-12)19-9-13(31-29-19)10-30-7-6-18-20(11-30)28-22(27-18)15-2-1-3-16(24)21(15)26/h1-9,11H,10H2/p+1. The molecule has 0 fully saturated rings. The van der Waals surface area contributed by atoms with Gasteiger partial charge in [0.15, 0.2) is 24.0 Å². The van der Waals surface area contributed by atoms with Gasteiger partial charge in [-0.2, -0.15) is 4.57 Å². The van der Waals surface area contributed by atoms with Gasteiger partial charge in [0.05, 0.1) is 5.56 Å². The number of benzene rings is 2. The van der Waals surface area contributed by atoms with Crippen molar-refractivity contribution in [3.63, 3.8) is 0 Å². The van der Waals surface area contributed by atoms with E-state index >= 15 is 0 Å². The lowest BCUT2D eigenvalue weighted by molar-refractivity contribution is -0.688. The second-order valence-electron chi connectivity index (χ2n) is 6.91. The fraction of sp³-hybridized carbons (Fsp3) is 0.0455. The topological polar surface area (TPSA) is 58.6 Å². The zero-order valence-corrected chi connectivity index (χ0v) is 17.3. The van der Waals surface area contributed by atoms with E-state index in [0.29, 0.717) is 39.1 Å². The van der Waals surface area contributed by atoms with Crippen LogP contribution in [0.4, 0.5) is 13.2 Å². The van der Waals surface area contributed by atoms with E-state index in [4.69, 9.17) is 4.52 Å². The van der Waals surface area contributed by atoms with Crippen molar-refractivity contribution < 1.29 is 22.3 Å². The van der Waals surface area contributed by atoms with E-state index in [9.17, 15) is 13.2 Å². The van der Waals surface area contributed by atoms with E-state index in [1.54, 1.807) is 36.7 Å². The SMILES string of the molecule is Fc1cc(Br)ccc1-c1cc(C[n+]2ccc3nc(-c4cccc(F)c4F)[nH]c3c2)on1. The monoisotopic (exact) mass is 485 g/mol. The lowest BCUT2D eigenvalue weighted by Crippen LogP contribution is -2.32. The molecule has 0 radical (unpaired) electrons. The van der Waals surface area contributed by atoms with Crippen LogP contribution in [0.1, 0.15) is 5.76 Å². The molecule has 5 rings (SSSR count). The summed E-state index contributed by atoms with van der Waals surface area (Å²) < 4.78 is 49.6. The summed E-state index contributed by atoms with van der Waals surface area (Å²) in [5, 5.41) is 3.96. The summed E-state index contributed by atoms with van der Waals surface area (Å²) in [5.74, 6) is -1.53. The van der Waals surface area contributed by atoms with Crippen LogP contribution in [0.15, 0.2) is 69.9 Å². The Morgan fingerprint density at radius 3 is 2.71 bits per heavy atom. The number of aromatic nitrogens is 4. The molecule has 0 bridgehead atoms. The lowest BCUT2D eigenvalue weighted by Gasteiger charge is -1.99. The van der Waals surface area contributed by atoms with Crippen LogP contribution in [0.3, 0.4) is 0 Å².